The molecule has 1 aromatic heterocycles. The topological polar surface area (TPSA) is 56.0 Å². The fraction of sp³-hybridized carbons (Fsp3) is 0.0769. The van der Waals surface area contributed by atoms with Crippen molar-refractivity contribution in [3.05, 3.63) is 53.9 Å². The Labute approximate surface area is 93.9 Å². The Kier molecular flexibility index (Phi) is 3.08. The summed E-state index contributed by atoms with van der Waals surface area (Å²) in [5.41, 5.74) is 9.17. The number of carbonyl (C=O) groups excluding carboxylic acids is 1. The monoisotopic (exact) mass is 212 g/mol. The maximum absolute atomic E-state index is 10.6. The van der Waals surface area contributed by atoms with Crippen LogP contribution in [0.5, 0.6) is 0 Å². The van der Waals surface area contributed by atoms with Crippen LogP contribution in [0.15, 0.2) is 42.7 Å². The molecular formula is C13H12N2O. The van der Waals surface area contributed by atoms with E-state index in [2.05, 4.69) is 4.98 Å². The second-order valence-corrected chi connectivity index (χ2v) is 3.53. The van der Waals surface area contributed by atoms with E-state index in [4.69, 9.17) is 5.73 Å². The van der Waals surface area contributed by atoms with Gasteiger partial charge >= 0.3 is 0 Å². The molecule has 80 valence electrons. The fourth-order valence-electron chi connectivity index (χ4n) is 1.51. The summed E-state index contributed by atoms with van der Waals surface area (Å²) in [6.45, 7) is 0.535. The van der Waals surface area contributed by atoms with Crippen molar-refractivity contribution in [1.29, 1.82) is 0 Å². The van der Waals surface area contributed by atoms with E-state index in [0.717, 1.165) is 23.0 Å². The predicted octanol–water partition coefficient (Wildman–Crippen LogP) is 2.02. The van der Waals surface area contributed by atoms with Gasteiger partial charge in [0.05, 0.1) is 0 Å². The summed E-state index contributed by atoms with van der Waals surface area (Å²) in [6, 6.07) is 9.73. The lowest BCUT2D eigenvalue weighted by atomic mass is 10.0. The number of hydrogen-bond acceptors (Lipinski definition) is 3. The summed E-state index contributed by atoms with van der Waals surface area (Å²) in [4.78, 5) is 14.7. The summed E-state index contributed by atoms with van der Waals surface area (Å²) >= 11 is 0. The van der Waals surface area contributed by atoms with Gasteiger partial charge in [0.15, 0.2) is 6.29 Å². The molecule has 2 aromatic rings. The van der Waals surface area contributed by atoms with Crippen LogP contribution in [-0.4, -0.2) is 11.3 Å². The molecule has 0 bridgehead atoms. The molecule has 3 heteroatoms. The number of hydrogen-bond donors (Lipinski definition) is 1. The van der Waals surface area contributed by atoms with Gasteiger partial charge in [0.25, 0.3) is 0 Å². The third-order valence-electron chi connectivity index (χ3n) is 2.42. The summed E-state index contributed by atoms with van der Waals surface area (Å²) < 4.78 is 0. The molecule has 0 saturated carbocycles. The van der Waals surface area contributed by atoms with Crippen LogP contribution in [0.25, 0.3) is 11.1 Å². The van der Waals surface area contributed by atoms with Crippen molar-refractivity contribution in [2.45, 2.75) is 6.54 Å². The quantitative estimate of drug-likeness (QED) is 0.792. The Balaban J connectivity index is 2.38. The summed E-state index contributed by atoms with van der Waals surface area (Å²) in [5.74, 6) is 0. The smallest absolute Gasteiger partial charge is 0.151 e. The molecule has 2 rings (SSSR count). The fourth-order valence-corrected chi connectivity index (χ4v) is 1.51. The van der Waals surface area contributed by atoms with Gasteiger partial charge in [-0.05, 0) is 17.2 Å². The van der Waals surface area contributed by atoms with E-state index >= 15 is 0 Å². The van der Waals surface area contributed by atoms with Crippen LogP contribution in [0.3, 0.4) is 0 Å². The van der Waals surface area contributed by atoms with Gasteiger partial charge in [-0.2, -0.15) is 0 Å². The van der Waals surface area contributed by atoms with Crippen LogP contribution in [0.1, 0.15) is 15.9 Å². The minimum Gasteiger partial charge on any atom is -0.326 e. The molecule has 1 heterocycles. The van der Waals surface area contributed by atoms with Crippen molar-refractivity contribution >= 4 is 6.29 Å². The van der Waals surface area contributed by atoms with E-state index in [1.165, 1.54) is 0 Å². The van der Waals surface area contributed by atoms with Crippen LogP contribution in [0.4, 0.5) is 0 Å². The normalized spacial score (nSPS) is 10.1. The number of nitrogens with two attached hydrogens (primary N) is 1. The van der Waals surface area contributed by atoms with Crippen molar-refractivity contribution in [3.8, 4) is 11.1 Å². The first-order valence-electron chi connectivity index (χ1n) is 5.03. The Morgan fingerprint density at radius 3 is 2.50 bits per heavy atom. The van der Waals surface area contributed by atoms with E-state index in [-0.39, 0.29) is 0 Å². The molecule has 0 atom stereocenters. The standard InChI is InChI=1S/C13H12N2O/c14-6-10-1-3-12(4-2-10)13-5-11(9-16)7-15-8-13/h1-5,7-9H,6,14H2. The van der Waals surface area contributed by atoms with E-state index in [0.29, 0.717) is 12.1 Å². The van der Waals surface area contributed by atoms with E-state index < -0.39 is 0 Å². The lowest BCUT2D eigenvalue weighted by Crippen LogP contribution is -1.95. The van der Waals surface area contributed by atoms with E-state index in [1.807, 2.05) is 30.3 Å². The van der Waals surface area contributed by atoms with Gasteiger partial charge in [0, 0.05) is 30.1 Å². The summed E-state index contributed by atoms with van der Waals surface area (Å²) in [5, 5.41) is 0. The zero-order valence-corrected chi connectivity index (χ0v) is 8.76. The number of aromatic nitrogens is 1. The number of pyridine rings is 1. The summed E-state index contributed by atoms with van der Waals surface area (Å²) in [6.07, 6.45) is 4.08. The molecule has 0 aliphatic heterocycles. The number of nitrogens with zero attached hydrogens (tertiary/aromatic N) is 1. The average molecular weight is 212 g/mol. The van der Waals surface area contributed by atoms with Crippen LogP contribution in [-0.2, 0) is 6.54 Å². The van der Waals surface area contributed by atoms with Crippen LogP contribution in [0.2, 0.25) is 0 Å². The first-order valence-corrected chi connectivity index (χ1v) is 5.03. The highest BCUT2D eigenvalue weighted by Gasteiger charge is 1.99. The molecule has 2 N–H and O–H groups in total. The van der Waals surface area contributed by atoms with Gasteiger partial charge in [0.1, 0.15) is 0 Å². The number of carbonyl (C=O) groups is 1. The van der Waals surface area contributed by atoms with Gasteiger partial charge in [-0.3, -0.25) is 9.78 Å². The van der Waals surface area contributed by atoms with Crippen LogP contribution in [0, 0.1) is 0 Å². The third kappa shape index (κ3) is 2.15. The van der Waals surface area contributed by atoms with Crippen molar-refractivity contribution in [3.63, 3.8) is 0 Å². The molecular weight excluding hydrogens is 200 g/mol. The Hall–Kier alpha value is -2.00. The average Bonchev–Trinajstić information content (AvgIpc) is 2.39. The van der Waals surface area contributed by atoms with Crippen molar-refractivity contribution < 1.29 is 4.79 Å². The Bertz CT molecular complexity index is 492. The molecule has 0 radical (unpaired) electrons. The minimum atomic E-state index is 0.535. The zero-order valence-electron chi connectivity index (χ0n) is 8.76. The van der Waals surface area contributed by atoms with Gasteiger partial charge < -0.3 is 5.73 Å². The van der Waals surface area contributed by atoms with Gasteiger partial charge in [0.2, 0.25) is 0 Å². The third-order valence-corrected chi connectivity index (χ3v) is 2.42. The first-order chi connectivity index (χ1) is 7.83. The van der Waals surface area contributed by atoms with Crippen LogP contribution >= 0.6 is 0 Å². The predicted molar refractivity (Wildman–Crippen MR) is 63.0 cm³/mol. The molecule has 0 unspecified atom stereocenters. The second-order valence-electron chi connectivity index (χ2n) is 3.53. The molecule has 3 nitrogen and oxygen atoms in total. The lowest BCUT2D eigenvalue weighted by Gasteiger charge is -2.03. The molecule has 0 fully saturated rings. The van der Waals surface area contributed by atoms with Gasteiger partial charge in [-0.1, -0.05) is 24.3 Å². The van der Waals surface area contributed by atoms with Crippen molar-refractivity contribution in [2.24, 2.45) is 5.73 Å². The molecule has 16 heavy (non-hydrogen) atoms. The first kappa shape index (κ1) is 10.5. The summed E-state index contributed by atoms with van der Waals surface area (Å²) in [7, 11) is 0. The van der Waals surface area contributed by atoms with E-state index in [9.17, 15) is 4.79 Å². The number of aldehydes is 1. The van der Waals surface area contributed by atoms with Gasteiger partial charge in [-0.15, -0.1) is 0 Å². The Morgan fingerprint density at radius 1 is 1.12 bits per heavy atom. The zero-order chi connectivity index (χ0) is 11.4. The van der Waals surface area contributed by atoms with E-state index in [1.54, 1.807) is 12.4 Å². The molecule has 0 spiro atoms. The second kappa shape index (κ2) is 4.68. The highest BCUT2D eigenvalue weighted by atomic mass is 16.1. The number of rotatable bonds is 3. The minimum absolute atomic E-state index is 0.535. The molecule has 0 saturated heterocycles. The van der Waals surface area contributed by atoms with Crippen molar-refractivity contribution in [1.82, 2.24) is 4.98 Å². The molecule has 0 aliphatic rings. The van der Waals surface area contributed by atoms with Crippen molar-refractivity contribution in [2.75, 3.05) is 0 Å². The maximum Gasteiger partial charge on any atom is 0.151 e. The molecule has 0 aliphatic carbocycles. The highest BCUT2D eigenvalue weighted by Crippen LogP contribution is 2.19. The maximum atomic E-state index is 10.6. The highest BCUT2D eigenvalue weighted by molar-refractivity contribution is 5.77. The molecule has 0 amide bonds. The number of benzene rings is 1. The SMILES string of the molecule is NCc1ccc(-c2cncc(C=O)c2)cc1. The lowest BCUT2D eigenvalue weighted by molar-refractivity contribution is 0.112. The molecule has 1 aromatic carbocycles. The van der Waals surface area contributed by atoms with Crippen LogP contribution < -0.4 is 5.73 Å². The largest absolute Gasteiger partial charge is 0.326 e. The Morgan fingerprint density at radius 2 is 1.88 bits per heavy atom. The van der Waals surface area contributed by atoms with Gasteiger partial charge in [-0.25, -0.2) is 0 Å².